The van der Waals surface area contributed by atoms with Crippen molar-refractivity contribution in [1.29, 1.82) is 0 Å². The Balaban J connectivity index is 1.80. The molecule has 1 amide bonds. The number of benzene rings is 2. The summed E-state index contributed by atoms with van der Waals surface area (Å²) in [5, 5.41) is 13.0. The number of rotatable bonds is 5. The third-order valence-corrected chi connectivity index (χ3v) is 3.74. The molecular formula is C18H16N2O3. The van der Waals surface area contributed by atoms with Crippen molar-refractivity contribution in [3.05, 3.63) is 71.9 Å². The number of carboxylic acid groups (broad SMARTS) is 1. The summed E-state index contributed by atoms with van der Waals surface area (Å²) < 4.78 is 0. The van der Waals surface area contributed by atoms with Crippen LogP contribution in [0.25, 0.3) is 10.9 Å². The standard InChI is InChI=1S/C18H16N2O3/c21-17(12-6-2-1-3-7-12)20-16(18(22)23)10-13-11-19-15-9-5-4-8-14(13)15/h1-9,11,16,19H,10H2,(H,20,21)(H,22,23)/i20+1. The number of H-pyrrole nitrogens is 1. The number of carboxylic acids is 1. The average Bonchev–Trinajstić information content (AvgIpc) is 2.98. The van der Waals surface area contributed by atoms with E-state index in [9.17, 15) is 14.7 Å². The van der Waals surface area contributed by atoms with Crippen molar-refractivity contribution in [1.82, 2.24) is 10.3 Å². The van der Waals surface area contributed by atoms with Crippen molar-refractivity contribution in [3.8, 4) is 0 Å². The molecule has 116 valence electrons. The molecule has 0 aliphatic rings. The lowest BCUT2D eigenvalue weighted by Gasteiger charge is -2.14. The van der Waals surface area contributed by atoms with Gasteiger partial charge in [0.2, 0.25) is 0 Å². The van der Waals surface area contributed by atoms with Gasteiger partial charge in [0.25, 0.3) is 5.91 Å². The van der Waals surface area contributed by atoms with Crippen LogP contribution in [0.3, 0.4) is 0 Å². The number of amides is 1. The minimum Gasteiger partial charge on any atom is -0.480 e. The Hall–Kier alpha value is -3.08. The monoisotopic (exact) mass is 309 g/mol. The Morgan fingerprint density at radius 2 is 1.74 bits per heavy atom. The lowest BCUT2D eigenvalue weighted by atomic mass is 10.1. The summed E-state index contributed by atoms with van der Waals surface area (Å²) >= 11 is 0. The van der Waals surface area contributed by atoms with Gasteiger partial charge in [-0.25, -0.2) is 4.79 Å². The largest absolute Gasteiger partial charge is 0.480 e. The van der Waals surface area contributed by atoms with Crippen LogP contribution in [0.5, 0.6) is 0 Å². The van der Waals surface area contributed by atoms with E-state index in [1.807, 2.05) is 24.3 Å². The molecule has 3 rings (SSSR count). The number of hydrogen-bond donors (Lipinski definition) is 3. The molecule has 1 unspecified atom stereocenters. The topological polar surface area (TPSA) is 82.2 Å². The van der Waals surface area contributed by atoms with Gasteiger partial charge in [0.05, 0.1) is 0 Å². The molecule has 3 aromatic rings. The number of carbonyl (C=O) groups is 2. The van der Waals surface area contributed by atoms with E-state index in [4.69, 9.17) is 0 Å². The Morgan fingerprint density at radius 1 is 1.04 bits per heavy atom. The number of aromatic amines is 1. The van der Waals surface area contributed by atoms with Crippen molar-refractivity contribution in [2.24, 2.45) is 0 Å². The van der Waals surface area contributed by atoms with Crippen LogP contribution < -0.4 is 5.32 Å². The Labute approximate surface area is 133 Å². The van der Waals surface area contributed by atoms with Crippen molar-refractivity contribution >= 4 is 22.8 Å². The van der Waals surface area contributed by atoms with Crippen LogP contribution in [-0.2, 0) is 11.2 Å². The number of aromatic nitrogens is 1. The number of aliphatic carboxylic acids is 1. The van der Waals surface area contributed by atoms with Gasteiger partial charge in [-0.05, 0) is 23.8 Å². The van der Waals surface area contributed by atoms with E-state index < -0.39 is 17.9 Å². The van der Waals surface area contributed by atoms with E-state index in [-0.39, 0.29) is 6.42 Å². The lowest BCUT2D eigenvalue weighted by molar-refractivity contribution is -0.139. The van der Waals surface area contributed by atoms with Gasteiger partial charge in [-0.3, -0.25) is 4.79 Å². The highest BCUT2D eigenvalue weighted by Gasteiger charge is 2.22. The first-order valence-electron chi connectivity index (χ1n) is 7.29. The highest BCUT2D eigenvalue weighted by atomic mass is 16.4. The Kier molecular flexibility index (Phi) is 4.10. The maximum atomic E-state index is 12.2. The van der Waals surface area contributed by atoms with Crippen LogP contribution in [-0.4, -0.2) is 28.0 Å². The van der Waals surface area contributed by atoms with Crippen LogP contribution in [0.2, 0.25) is 0 Å². The molecule has 23 heavy (non-hydrogen) atoms. The van der Waals surface area contributed by atoms with Crippen LogP contribution in [0.15, 0.2) is 60.8 Å². The first-order valence-corrected chi connectivity index (χ1v) is 7.29. The zero-order valence-electron chi connectivity index (χ0n) is 12.3. The van der Waals surface area contributed by atoms with Crippen molar-refractivity contribution in [3.63, 3.8) is 0 Å². The van der Waals surface area contributed by atoms with E-state index in [1.54, 1.807) is 36.5 Å². The van der Waals surface area contributed by atoms with Gasteiger partial charge < -0.3 is 15.4 Å². The zero-order chi connectivity index (χ0) is 16.2. The fraction of sp³-hybridized carbons (Fsp3) is 0.111. The summed E-state index contributed by atoms with van der Waals surface area (Å²) in [5.74, 6) is -1.45. The molecule has 0 spiro atoms. The highest BCUT2D eigenvalue weighted by Crippen LogP contribution is 2.19. The number of carbonyl (C=O) groups excluding carboxylic acids is 1. The van der Waals surface area contributed by atoms with E-state index in [2.05, 4.69) is 10.3 Å². The van der Waals surface area contributed by atoms with Gasteiger partial charge >= 0.3 is 5.97 Å². The SMILES string of the molecule is O=C([15NH]C(Cc1c[nH]c2ccccc12)C(=O)O)c1ccccc1. The molecule has 1 heterocycles. The third-order valence-electron chi connectivity index (χ3n) is 3.74. The summed E-state index contributed by atoms with van der Waals surface area (Å²) in [7, 11) is 0. The summed E-state index contributed by atoms with van der Waals surface area (Å²) in [6.07, 6.45) is 2.01. The zero-order valence-corrected chi connectivity index (χ0v) is 12.3. The molecule has 0 aliphatic heterocycles. The second kappa shape index (κ2) is 6.36. The fourth-order valence-corrected chi connectivity index (χ4v) is 2.55. The van der Waals surface area contributed by atoms with Gasteiger partial charge in [0, 0.05) is 29.1 Å². The molecule has 0 aliphatic carbocycles. The molecule has 0 saturated heterocycles. The Bertz CT molecular complexity index is 840. The molecule has 0 radical (unpaired) electrons. The van der Waals surface area contributed by atoms with Gasteiger partial charge in [-0.15, -0.1) is 0 Å². The molecule has 2 aromatic carbocycles. The molecule has 3 N–H and O–H groups in total. The van der Waals surface area contributed by atoms with E-state index in [0.29, 0.717) is 5.56 Å². The van der Waals surface area contributed by atoms with Crippen molar-refractivity contribution in [2.75, 3.05) is 0 Å². The molecule has 1 aromatic heterocycles. The fourth-order valence-electron chi connectivity index (χ4n) is 2.55. The lowest BCUT2D eigenvalue weighted by Crippen LogP contribution is -2.42. The van der Waals surface area contributed by atoms with Crippen molar-refractivity contribution < 1.29 is 14.7 Å². The quantitative estimate of drug-likeness (QED) is 0.634. The van der Waals surface area contributed by atoms with Crippen LogP contribution in [0.4, 0.5) is 0 Å². The second-order valence-electron chi connectivity index (χ2n) is 5.29. The number of hydrogen-bond acceptors (Lipinski definition) is 2. The number of para-hydroxylation sites is 1. The van der Waals surface area contributed by atoms with E-state index in [1.165, 1.54) is 0 Å². The minimum atomic E-state index is -1.06. The van der Waals surface area contributed by atoms with Gasteiger partial charge in [-0.1, -0.05) is 36.4 Å². The first-order chi connectivity index (χ1) is 11.1. The van der Waals surface area contributed by atoms with Gasteiger partial charge in [0.1, 0.15) is 6.04 Å². The molecular weight excluding hydrogens is 293 g/mol. The molecule has 0 fully saturated rings. The Morgan fingerprint density at radius 3 is 2.48 bits per heavy atom. The van der Waals surface area contributed by atoms with Crippen LogP contribution in [0.1, 0.15) is 15.9 Å². The number of fused-ring (bicyclic) bond motifs is 1. The molecule has 5 heteroatoms. The molecule has 1 atom stereocenters. The van der Waals surface area contributed by atoms with E-state index >= 15 is 0 Å². The smallest absolute Gasteiger partial charge is 0.326 e. The third kappa shape index (κ3) is 3.23. The molecule has 0 bridgehead atoms. The van der Waals surface area contributed by atoms with Gasteiger partial charge in [0.15, 0.2) is 0 Å². The van der Waals surface area contributed by atoms with Crippen LogP contribution in [0, 0.1) is 0 Å². The summed E-state index contributed by atoms with van der Waals surface area (Å²) in [5.41, 5.74) is 2.25. The van der Waals surface area contributed by atoms with Gasteiger partial charge in [-0.2, -0.15) is 0 Å². The predicted octanol–water partition coefficient (Wildman–Crippen LogP) is 2.59. The first kappa shape index (κ1) is 14.8. The number of nitrogens with one attached hydrogen (secondary N) is 2. The maximum Gasteiger partial charge on any atom is 0.326 e. The highest BCUT2D eigenvalue weighted by molar-refractivity contribution is 5.96. The average molecular weight is 309 g/mol. The van der Waals surface area contributed by atoms with Crippen molar-refractivity contribution in [2.45, 2.75) is 12.5 Å². The minimum absolute atomic E-state index is 0.220. The molecule has 0 saturated carbocycles. The summed E-state index contributed by atoms with van der Waals surface area (Å²) in [6, 6.07) is 15.3. The van der Waals surface area contributed by atoms with E-state index in [0.717, 1.165) is 16.5 Å². The summed E-state index contributed by atoms with van der Waals surface area (Å²) in [4.78, 5) is 26.8. The molecule has 5 nitrogen and oxygen atoms in total. The normalized spacial score (nSPS) is 12.0. The predicted molar refractivity (Wildman–Crippen MR) is 87.3 cm³/mol. The van der Waals surface area contributed by atoms with Crippen LogP contribution >= 0.6 is 0 Å². The second-order valence-corrected chi connectivity index (χ2v) is 5.29. The maximum absolute atomic E-state index is 12.2. The summed E-state index contributed by atoms with van der Waals surface area (Å²) in [6.45, 7) is 0.